The smallest absolute Gasteiger partial charge is 0.257 e. The zero-order valence-electron chi connectivity index (χ0n) is 9.47. The lowest BCUT2D eigenvalue weighted by atomic mass is 10.1. The van der Waals surface area contributed by atoms with Gasteiger partial charge in [0.1, 0.15) is 6.61 Å². The lowest BCUT2D eigenvalue weighted by molar-refractivity contribution is 0.102. The van der Waals surface area contributed by atoms with Gasteiger partial charge in [-0.15, -0.1) is 0 Å². The first kappa shape index (κ1) is 11.9. The molecule has 1 aromatic carbocycles. The second-order valence-corrected chi connectivity index (χ2v) is 3.43. The Hall–Kier alpha value is -2.58. The van der Waals surface area contributed by atoms with E-state index in [2.05, 4.69) is 27.1 Å². The lowest BCUT2D eigenvalue weighted by Gasteiger charge is -2.01. The molecule has 1 heterocycles. The largest absolute Gasteiger partial charge is 0.384 e. The Morgan fingerprint density at radius 1 is 1.39 bits per heavy atom. The van der Waals surface area contributed by atoms with Crippen LogP contribution in [0.4, 0.5) is 5.95 Å². The fourth-order valence-corrected chi connectivity index (χ4v) is 1.36. The molecule has 0 saturated carbocycles. The van der Waals surface area contributed by atoms with Crippen molar-refractivity contribution in [1.29, 1.82) is 0 Å². The van der Waals surface area contributed by atoms with Gasteiger partial charge >= 0.3 is 0 Å². The van der Waals surface area contributed by atoms with Gasteiger partial charge in [-0.1, -0.05) is 11.8 Å². The highest BCUT2D eigenvalue weighted by atomic mass is 16.2. The summed E-state index contributed by atoms with van der Waals surface area (Å²) in [5.74, 6) is 5.46. The third-order valence-corrected chi connectivity index (χ3v) is 2.19. The fraction of sp³-hybridized carbons (Fsp3) is 0.0769. The molecule has 18 heavy (non-hydrogen) atoms. The van der Waals surface area contributed by atoms with E-state index in [4.69, 9.17) is 5.11 Å². The van der Waals surface area contributed by atoms with Crippen molar-refractivity contribution in [2.24, 2.45) is 0 Å². The quantitative estimate of drug-likeness (QED) is 0.686. The van der Waals surface area contributed by atoms with E-state index >= 15 is 0 Å². The minimum atomic E-state index is -0.244. The van der Waals surface area contributed by atoms with Crippen molar-refractivity contribution in [3.05, 3.63) is 47.8 Å². The van der Waals surface area contributed by atoms with E-state index in [1.807, 2.05) is 0 Å². The SMILES string of the molecule is O=C(Nc1ncc[nH]1)c1ccc(C#CCO)cc1. The normalized spacial score (nSPS) is 9.39. The number of amides is 1. The predicted molar refractivity (Wildman–Crippen MR) is 66.9 cm³/mol. The Kier molecular flexibility index (Phi) is 3.74. The molecule has 5 heteroatoms. The van der Waals surface area contributed by atoms with E-state index in [9.17, 15) is 4.79 Å². The summed E-state index contributed by atoms with van der Waals surface area (Å²) in [5, 5.41) is 11.2. The number of carbonyl (C=O) groups is 1. The summed E-state index contributed by atoms with van der Waals surface area (Å²) in [6, 6.07) is 6.78. The molecule has 0 unspecified atom stereocenters. The number of aromatic amines is 1. The number of nitrogens with one attached hydrogen (secondary N) is 2. The summed E-state index contributed by atoms with van der Waals surface area (Å²) in [6.45, 7) is -0.180. The predicted octanol–water partition coefficient (Wildman–Crippen LogP) is 1.01. The van der Waals surface area contributed by atoms with E-state index in [-0.39, 0.29) is 12.5 Å². The zero-order chi connectivity index (χ0) is 12.8. The second-order valence-electron chi connectivity index (χ2n) is 3.43. The third kappa shape index (κ3) is 2.97. The molecule has 0 atom stereocenters. The first-order valence-corrected chi connectivity index (χ1v) is 5.30. The van der Waals surface area contributed by atoms with Crippen molar-refractivity contribution in [3.8, 4) is 11.8 Å². The van der Waals surface area contributed by atoms with Crippen LogP contribution in [0.3, 0.4) is 0 Å². The van der Waals surface area contributed by atoms with E-state index in [1.54, 1.807) is 36.7 Å². The van der Waals surface area contributed by atoms with E-state index in [0.29, 0.717) is 11.5 Å². The van der Waals surface area contributed by atoms with Crippen molar-refractivity contribution in [1.82, 2.24) is 9.97 Å². The van der Waals surface area contributed by atoms with Crippen LogP contribution in [-0.4, -0.2) is 27.6 Å². The van der Waals surface area contributed by atoms with Crippen molar-refractivity contribution in [2.75, 3.05) is 11.9 Å². The van der Waals surface area contributed by atoms with Crippen molar-refractivity contribution >= 4 is 11.9 Å². The number of nitrogens with zero attached hydrogens (tertiary/aromatic N) is 1. The average Bonchev–Trinajstić information content (AvgIpc) is 2.89. The summed E-state index contributed by atoms with van der Waals surface area (Å²) >= 11 is 0. The van der Waals surface area contributed by atoms with Crippen LogP contribution in [0.15, 0.2) is 36.7 Å². The summed E-state index contributed by atoms with van der Waals surface area (Å²) in [4.78, 5) is 18.5. The Bertz CT molecular complexity index is 577. The molecule has 2 rings (SSSR count). The number of aliphatic hydroxyl groups is 1. The van der Waals surface area contributed by atoms with E-state index in [0.717, 1.165) is 5.56 Å². The molecular formula is C13H11N3O2. The highest BCUT2D eigenvalue weighted by Gasteiger charge is 2.06. The number of H-pyrrole nitrogens is 1. The van der Waals surface area contributed by atoms with Crippen LogP contribution in [0.25, 0.3) is 0 Å². The molecule has 0 saturated heterocycles. The lowest BCUT2D eigenvalue weighted by Crippen LogP contribution is -2.12. The number of aliphatic hydroxyl groups excluding tert-OH is 1. The highest BCUT2D eigenvalue weighted by Crippen LogP contribution is 2.06. The molecule has 0 bridgehead atoms. The number of carbonyl (C=O) groups excluding carboxylic acids is 1. The molecular weight excluding hydrogens is 230 g/mol. The standard InChI is InChI=1S/C13H11N3O2/c17-9-1-2-10-3-5-11(6-4-10)12(18)16-13-14-7-8-15-13/h3-8,17H,9H2,(H2,14,15,16,18). The molecule has 1 aromatic heterocycles. The highest BCUT2D eigenvalue weighted by molar-refractivity contribution is 6.03. The molecule has 3 N–H and O–H groups in total. The summed E-state index contributed by atoms with van der Waals surface area (Å²) < 4.78 is 0. The molecule has 0 radical (unpaired) electrons. The van der Waals surface area contributed by atoms with Crippen molar-refractivity contribution < 1.29 is 9.90 Å². The molecule has 0 aliphatic rings. The van der Waals surface area contributed by atoms with Crippen LogP contribution in [-0.2, 0) is 0 Å². The van der Waals surface area contributed by atoms with Crippen molar-refractivity contribution in [3.63, 3.8) is 0 Å². The number of rotatable bonds is 2. The minimum absolute atomic E-state index is 0.180. The number of hydrogen-bond acceptors (Lipinski definition) is 3. The van der Waals surface area contributed by atoms with Gasteiger partial charge in [-0.2, -0.15) is 0 Å². The number of hydrogen-bond donors (Lipinski definition) is 3. The minimum Gasteiger partial charge on any atom is -0.384 e. The Morgan fingerprint density at radius 2 is 2.17 bits per heavy atom. The number of benzene rings is 1. The molecule has 5 nitrogen and oxygen atoms in total. The monoisotopic (exact) mass is 241 g/mol. The van der Waals surface area contributed by atoms with Gasteiger partial charge in [0.15, 0.2) is 0 Å². The third-order valence-electron chi connectivity index (χ3n) is 2.19. The van der Waals surface area contributed by atoms with Crippen LogP contribution in [0.5, 0.6) is 0 Å². The van der Waals surface area contributed by atoms with Gasteiger partial charge in [0.2, 0.25) is 5.95 Å². The van der Waals surface area contributed by atoms with Gasteiger partial charge in [0, 0.05) is 23.5 Å². The molecule has 2 aromatic rings. The molecule has 0 fully saturated rings. The average molecular weight is 241 g/mol. The molecule has 0 aliphatic heterocycles. The van der Waals surface area contributed by atoms with Crippen LogP contribution >= 0.6 is 0 Å². The van der Waals surface area contributed by atoms with Gasteiger partial charge < -0.3 is 10.1 Å². The first-order valence-electron chi connectivity index (χ1n) is 5.30. The molecule has 0 spiro atoms. The summed E-state index contributed by atoms with van der Waals surface area (Å²) in [6.07, 6.45) is 3.19. The number of imidazole rings is 1. The Morgan fingerprint density at radius 3 is 2.78 bits per heavy atom. The first-order chi connectivity index (χ1) is 8.79. The van der Waals surface area contributed by atoms with Gasteiger partial charge in [-0.05, 0) is 24.3 Å². The zero-order valence-corrected chi connectivity index (χ0v) is 9.47. The molecule has 0 aliphatic carbocycles. The van der Waals surface area contributed by atoms with Gasteiger partial charge in [0.05, 0.1) is 0 Å². The second kappa shape index (κ2) is 5.66. The van der Waals surface area contributed by atoms with Crippen LogP contribution in [0.1, 0.15) is 15.9 Å². The maximum absolute atomic E-state index is 11.8. The summed E-state index contributed by atoms with van der Waals surface area (Å²) in [7, 11) is 0. The van der Waals surface area contributed by atoms with E-state index < -0.39 is 0 Å². The maximum atomic E-state index is 11.8. The van der Waals surface area contributed by atoms with Crippen LogP contribution in [0.2, 0.25) is 0 Å². The Labute approximate surface area is 104 Å². The van der Waals surface area contributed by atoms with Gasteiger partial charge in [0.25, 0.3) is 5.91 Å². The fourth-order valence-electron chi connectivity index (χ4n) is 1.36. The van der Waals surface area contributed by atoms with E-state index in [1.165, 1.54) is 0 Å². The maximum Gasteiger partial charge on any atom is 0.257 e. The Balaban J connectivity index is 2.07. The number of anilines is 1. The van der Waals surface area contributed by atoms with Crippen LogP contribution in [0, 0.1) is 11.8 Å². The van der Waals surface area contributed by atoms with Gasteiger partial charge in [-0.25, -0.2) is 4.98 Å². The van der Waals surface area contributed by atoms with Crippen LogP contribution < -0.4 is 5.32 Å². The summed E-state index contributed by atoms with van der Waals surface area (Å²) in [5.41, 5.74) is 1.26. The number of aromatic nitrogens is 2. The topological polar surface area (TPSA) is 78.0 Å². The van der Waals surface area contributed by atoms with Gasteiger partial charge in [-0.3, -0.25) is 10.1 Å². The van der Waals surface area contributed by atoms with Crippen molar-refractivity contribution in [2.45, 2.75) is 0 Å². The molecule has 1 amide bonds. The molecule has 90 valence electrons.